The normalized spacial score (nSPS) is 7.22. The summed E-state index contributed by atoms with van der Waals surface area (Å²) >= 11 is 0. The number of aryl methyl sites for hydroxylation is 1. The molecule has 0 saturated carbocycles. The summed E-state index contributed by atoms with van der Waals surface area (Å²) in [5, 5.41) is 0. The van der Waals surface area contributed by atoms with Gasteiger partial charge in [0.25, 0.3) is 0 Å². The van der Waals surface area contributed by atoms with Crippen molar-refractivity contribution in [1.82, 2.24) is 9.97 Å². The van der Waals surface area contributed by atoms with E-state index in [1.807, 2.05) is 6.92 Å². The number of H-pyrrole nitrogens is 1. The molecule has 0 amide bonds. The van der Waals surface area contributed by atoms with E-state index in [2.05, 4.69) is 9.97 Å². The Bertz CT molecular complexity index is 146. The van der Waals surface area contributed by atoms with Gasteiger partial charge in [-0.1, -0.05) is 0 Å². The number of aromatic amines is 1. The van der Waals surface area contributed by atoms with Gasteiger partial charge in [-0.05, 0) is 6.92 Å². The molecule has 1 rings (SSSR count). The van der Waals surface area contributed by atoms with Crippen LogP contribution in [0, 0.1) is 6.92 Å². The van der Waals surface area contributed by atoms with Crippen molar-refractivity contribution >= 4 is 30.6 Å². The fourth-order valence-electron chi connectivity index (χ4n) is 0.440. The SMILES string of the molecule is Cc1ncc(N)[nH]1.Cl.Cl. The highest BCUT2D eigenvalue weighted by Gasteiger charge is 1.84. The molecule has 0 bridgehead atoms. The summed E-state index contributed by atoms with van der Waals surface area (Å²) in [7, 11) is 0. The average molecular weight is 170 g/mol. The van der Waals surface area contributed by atoms with Crippen molar-refractivity contribution in [3.63, 3.8) is 0 Å². The summed E-state index contributed by atoms with van der Waals surface area (Å²) in [4.78, 5) is 6.64. The molecule has 0 radical (unpaired) electrons. The van der Waals surface area contributed by atoms with Crippen LogP contribution in [0.4, 0.5) is 5.82 Å². The molecule has 3 nitrogen and oxygen atoms in total. The van der Waals surface area contributed by atoms with Gasteiger partial charge in [-0.25, -0.2) is 4.98 Å². The number of hydrogen-bond acceptors (Lipinski definition) is 2. The summed E-state index contributed by atoms with van der Waals surface area (Å²) in [6.45, 7) is 1.86. The first-order valence-electron chi connectivity index (χ1n) is 2.06. The van der Waals surface area contributed by atoms with Gasteiger partial charge in [0.2, 0.25) is 0 Å². The minimum atomic E-state index is 0. The second-order valence-electron chi connectivity index (χ2n) is 1.42. The third-order valence-corrected chi connectivity index (χ3v) is 0.723. The molecule has 0 aliphatic rings. The van der Waals surface area contributed by atoms with Gasteiger partial charge in [0.15, 0.2) is 0 Å². The van der Waals surface area contributed by atoms with Crippen molar-refractivity contribution in [3.05, 3.63) is 12.0 Å². The van der Waals surface area contributed by atoms with Gasteiger partial charge >= 0.3 is 0 Å². The molecular weight excluding hydrogens is 161 g/mol. The molecule has 5 heteroatoms. The van der Waals surface area contributed by atoms with Gasteiger partial charge in [0.05, 0.1) is 6.20 Å². The van der Waals surface area contributed by atoms with Crippen LogP contribution >= 0.6 is 24.8 Å². The Morgan fingerprint density at radius 1 is 1.56 bits per heavy atom. The zero-order valence-electron chi connectivity index (χ0n) is 4.92. The van der Waals surface area contributed by atoms with E-state index in [0.717, 1.165) is 5.82 Å². The van der Waals surface area contributed by atoms with Crippen molar-refractivity contribution in [2.45, 2.75) is 6.92 Å². The number of imidazole rings is 1. The molecule has 1 heterocycles. The molecule has 0 saturated heterocycles. The Kier molecular flexibility index (Phi) is 5.66. The van der Waals surface area contributed by atoms with Gasteiger partial charge in [-0.2, -0.15) is 0 Å². The molecule has 0 atom stereocenters. The molecule has 0 aliphatic carbocycles. The van der Waals surface area contributed by atoms with Crippen LogP contribution in [-0.2, 0) is 0 Å². The molecular formula is C4H9Cl2N3. The van der Waals surface area contributed by atoms with Gasteiger partial charge in [-0.15, -0.1) is 24.8 Å². The number of halogens is 2. The Morgan fingerprint density at radius 2 is 2.11 bits per heavy atom. The van der Waals surface area contributed by atoms with Crippen LogP contribution in [-0.4, -0.2) is 9.97 Å². The van der Waals surface area contributed by atoms with E-state index < -0.39 is 0 Å². The monoisotopic (exact) mass is 169 g/mol. The number of nitrogens with two attached hydrogens (primary N) is 1. The highest BCUT2D eigenvalue weighted by atomic mass is 35.5. The number of anilines is 1. The van der Waals surface area contributed by atoms with E-state index in [0.29, 0.717) is 5.82 Å². The quantitative estimate of drug-likeness (QED) is 0.613. The third kappa shape index (κ3) is 3.21. The lowest BCUT2D eigenvalue weighted by Gasteiger charge is -1.75. The fourth-order valence-corrected chi connectivity index (χ4v) is 0.440. The van der Waals surface area contributed by atoms with Crippen LogP contribution in [0.25, 0.3) is 0 Å². The molecule has 0 unspecified atom stereocenters. The summed E-state index contributed by atoms with van der Waals surface area (Å²) in [6.07, 6.45) is 1.59. The minimum absolute atomic E-state index is 0. The van der Waals surface area contributed by atoms with Crippen LogP contribution in [0.5, 0.6) is 0 Å². The maximum atomic E-state index is 5.26. The maximum Gasteiger partial charge on any atom is 0.120 e. The van der Waals surface area contributed by atoms with Gasteiger partial charge in [-0.3, -0.25) is 0 Å². The maximum absolute atomic E-state index is 5.26. The third-order valence-electron chi connectivity index (χ3n) is 0.723. The lowest BCUT2D eigenvalue weighted by atomic mass is 10.8. The number of hydrogen-bond donors (Lipinski definition) is 2. The smallest absolute Gasteiger partial charge is 0.120 e. The van der Waals surface area contributed by atoms with E-state index in [9.17, 15) is 0 Å². The molecule has 0 aliphatic heterocycles. The van der Waals surface area contributed by atoms with Crippen molar-refractivity contribution in [2.24, 2.45) is 0 Å². The van der Waals surface area contributed by atoms with Crippen molar-refractivity contribution < 1.29 is 0 Å². The Balaban J connectivity index is 0. The van der Waals surface area contributed by atoms with Gasteiger partial charge in [0.1, 0.15) is 11.6 Å². The Labute approximate surface area is 65.9 Å². The molecule has 0 spiro atoms. The highest BCUT2D eigenvalue weighted by Crippen LogP contribution is 1.92. The number of nitrogens with one attached hydrogen (secondary N) is 1. The molecule has 54 valence electrons. The first-order chi connectivity index (χ1) is 3.29. The molecule has 0 fully saturated rings. The largest absolute Gasteiger partial charge is 0.384 e. The van der Waals surface area contributed by atoms with Crippen molar-refractivity contribution in [1.29, 1.82) is 0 Å². The average Bonchev–Trinajstić information content (AvgIpc) is 1.87. The molecule has 9 heavy (non-hydrogen) atoms. The highest BCUT2D eigenvalue weighted by molar-refractivity contribution is 5.85. The van der Waals surface area contributed by atoms with Crippen LogP contribution in [0.3, 0.4) is 0 Å². The second-order valence-corrected chi connectivity index (χ2v) is 1.42. The Morgan fingerprint density at radius 3 is 2.22 bits per heavy atom. The predicted molar refractivity (Wildman–Crippen MR) is 42.2 cm³/mol. The lowest BCUT2D eigenvalue weighted by molar-refractivity contribution is 1.15. The van der Waals surface area contributed by atoms with Crippen LogP contribution in [0.1, 0.15) is 5.82 Å². The molecule has 1 aromatic heterocycles. The van der Waals surface area contributed by atoms with Crippen molar-refractivity contribution in [3.8, 4) is 0 Å². The lowest BCUT2D eigenvalue weighted by Crippen LogP contribution is -1.81. The molecule has 3 N–H and O–H groups in total. The first-order valence-corrected chi connectivity index (χ1v) is 2.06. The van der Waals surface area contributed by atoms with Crippen LogP contribution in [0.15, 0.2) is 6.20 Å². The summed E-state index contributed by atoms with van der Waals surface area (Å²) in [5.41, 5.74) is 5.26. The van der Waals surface area contributed by atoms with E-state index >= 15 is 0 Å². The van der Waals surface area contributed by atoms with Gasteiger partial charge < -0.3 is 10.7 Å². The standard InChI is InChI=1S/C4H7N3.2ClH/c1-3-6-2-4(5)7-3;;/h2H,5H2,1H3,(H,6,7);2*1H. The molecule has 0 aromatic carbocycles. The van der Waals surface area contributed by atoms with E-state index in [1.54, 1.807) is 6.20 Å². The second kappa shape index (κ2) is 4.47. The summed E-state index contributed by atoms with van der Waals surface area (Å²) in [5.74, 6) is 1.48. The number of nitrogens with zero attached hydrogens (tertiary/aromatic N) is 1. The van der Waals surface area contributed by atoms with Crippen LogP contribution in [0.2, 0.25) is 0 Å². The Hall–Kier alpha value is -0.410. The summed E-state index contributed by atoms with van der Waals surface area (Å²) in [6, 6.07) is 0. The van der Waals surface area contributed by atoms with Gasteiger partial charge in [0, 0.05) is 0 Å². The topological polar surface area (TPSA) is 54.7 Å². The van der Waals surface area contributed by atoms with E-state index in [1.165, 1.54) is 0 Å². The van der Waals surface area contributed by atoms with E-state index in [-0.39, 0.29) is 24.8 Å². The van der Waals surface area contributed by atoms with Crippen LogP contribution < -0.4 is 5.73 Å². The van der Waals surface area contributed by atoms with E-state index in [4.69, 9.17) is 5.73 Å². The number of rotatable bonds is 0. The fraction of sp³-hybridized carbons (Fsp3) is 0.250. The number of aromatic nitrogens is 2. The summed E-state index contributed by atoms with van der Waals surface area (Å²) < 4.78 is 0. The van der Waals surface area contributed by atoms with Crippen molar-refractivity contribution in [2.75, 3.05) is 5.73 Å². The first kappa shape index (κ1) is 11.4. The zero-order chi connectivity index (χ0) is 5.28. The number of nitrogen functional groups attached to an aromatic ring is 1. The minimum Gasteiger partial charge on any atom is -0.384 e. The zero-order valence-corrected chi connectivity index (χ0v) is 6.55. The predicted octanol–water partition coefficient (Wildman–Crippen LogP) is 1.14. The molecule has 1 aromatic rings.